The van der Waals surface area contributed by atoms with E-state index in [4.69, 9.17) is 18.9 Å². The first kappa shape index (κ1) is 19.1. The van der Waals surface area contributed by atoms with Gasteiger partial charge < -0.3 is 18.9 Å². The van der Waals surface area contributed by atoms with Crippen molar-refractivity contribution in [1.82, 2.24) is 4.90 Å². The van der Waals surface area contributed by atoms with Crippen molar-refractivity contribution in [1.29, 1.82) is 0 Å². The second kappa shape index (κ2) is 8.37. The Balaban J connectivity index is 1.76. The van der Waals surface area contributed by atoms with Crippen molar-refractivity contribution >= 4 is 5.78 Å². The van der Waals surface area contributed by atoms with Gasteiger partial charge in [-0.25, -0.2) is 0 Å². The fourth-order valence-corrected chi connectivity index (χ4v) is 3.47. The molecular formula is C20H29NO5. The summed E-state index contributed by atoms with van der Waals surface area (Å²) in [4.78, 5) is 15.3. The highest BCUT2D eigenvalue weighted by atomic mass is 16.7. The Morgan fingerprint density at radius 3 is 2.58 bits per heavy atom. The number of carbonyl (C=O) groups excluding carboxylic acids is 1. The largest absolute Gasteiger partial charge is 0.493 e. The minimum Gasteiger partial charge on any atom is -0.493 e. The average Bonchev–Trinajstić information content (AvgIpc) is 2.69. The van der Waals surface area contributed by atoms with Crippen molar-refractivity contribution in [3.05, 3.63) is 23.8 Å². The summed E-state index contributed by atoms with van der Waals surface area (Å²) in [6.07, 6.45) is 2.79. The third-order valence-electron chi connectivity index (χ3n) is 5.18. The molecule has 26 heavy (non-hydrogen) atoms. The van der Waals surface area contributed by atoms with E-state index in [1.54, 1.807) is 19.2 Å². The first-order valence-electron chi connectivity index (χ1n) is 9.36. The van der Waals surface area contributed by atoms with E-state index >= 15 is 0 Å². The molecule has 2 aliphatic heterocycles. The van der Waals surface area contributed by atoms with Crippen LogP contribution in [0.15, 0.2) is 18.2 Å². The zero-order chi connectivity index (χ0) is 18.6. The zero-order valence-corrected chi connectivity index (χ0v) is 16.0. The summed E-state index contributed by atoms with van der Waals surface area (Å²) in [5.41, 5.74) is 0.0270. The molecule has 1 unspecified atom stereocenters. The molecule has 2 saturated heterocycles. The van der Waals surface area contributed by atoms with Crippen molar-refractivity contribution in [3.8, 4) is 11.5 Å². The van der Waals surface area contributed by atoms with Crippen LogP contribution in [-0.4, -0.2) is 62.5 Å². The molecule has 144 valence electrons. The lowest BCUT2D eigenvalue weighted by Gasteiger charge is -2.39. The fraction of sp³-hybridized carbons (Fsp3) is 0.650. The third kappa shape index (κ3) is 4.19. The van der Waals surface area contributed by atoms with Gasteiger partial charge in [0.05, 0.1) is 32.5 Å². The number of rotatable bonds is 6. The molecule has 3 rings (SSSR count). The van der Waals surface area contributed by atoms with E-state index in [1.807, 2.05) is 19.9 Å². The summed E-state index contributed by atoms with van der Waals surface area (Å²) in [6, 6.07) is 5.38. The van der Waals surface area contributed by atoms with E-state index < -0.39 is 5.54 Å². The van der Waals surface area contributed by atoms with Crippen LogP contribution in [0.4, 0.5) is 0 Å². The molecular weight excluding hydrogens is 334 g/mol. The highest BCUT2D eigenvalue weighted by Gasteiger charge is 2.36. The zero-order valence-electron chi connectivity index (χ0n) is 16.0. The number of benzene rings is 1. The summed E-state index contributed by atoms with van der Waals surface area (Å²) < 4.78 is 22.4. The first-order chi connectivity index (χ1) is 12.5. The molecule has 0 amide bonds. The number of hydrogen-bond acceptors (Lipinski definition) is 6. The summed E-state index contributed by atoms with van der Waals surface area (Å²) in [6.45, 7) is 7.49. The molecule has 1 aromatic carbocycles. The van der Waals surface area contributed by atoms with Crippen molar-refractivity contribution in [3.63, 3.8) is 0 Å². The number of ether oxygens (including phenoxy) is 4. The highest BCUT2D eigenvalue weighted by Crippen LogP contribution is 2.32. The van der Waals surface area contributed by atoms with Crippen LogP contribution < -0.4 is 9.47 Å². The van der Waals surface area contributed by atoms with Crippen molar-refractivity contribution in [2.75, 3.05) is 40.0 Å². The van der Waals surface area contributed by atoms with Crippen LogP contribution in [0.25, 0.3) is 0 Å². The van der Waals surface area contributed by atoms with E-state index in [2.05, 4.69) is 4.90 Å². The standard InChI is InChI=1S/C20H29NO5/c1-20(2,21-9-12-24-13-10-21)19(22)15-7-8-16(17(14-15)23-3)26-18-6-4-5-11-25-18/h7-8,14,18H,4-6,9-13H2,1-3H3. The van der Waals surface area contributed by atoms with Crippen LogP contribution in [0, 0.1) is 0 Å². The maximum Gasteiger partial charge on any atom is 0.200 e. The summed E-state index contributed by atoms with van der Waals surface area (Å²) in [5.74, 6) is 1.24. The number of morpholine rings is 1. The number of nitrogens with zero attached hydrogens (tertiary/aromatic N) is 1. The quantitative estimate of drug-likeness (QED) is 0.725. The lowest BCUT2D eigenvalue weighted by Crippen LogP contribution is -2.54. The van der Waals surface area contributed by atoms with Crippen LogP contribution >= 0.6 is 0 Å². The molecule has 1 atom stereocenters. The van der Waals surface area contributed by atoms with Gasteiger partial charge in [-0.3, -0.25) is 9.69 Å². The molecule has 1 aromatic rings. The van der Waals surface area contributed by atoms with Gasteiger partial charge in [0.15, 0.2) is 23.6 Å². The Morgan fingerprint density at radius 2 is 1.92 bits per heavy atom. The second-order valence-corrected chi connectivity index (χ2v) is 7.27. The molecule has 0 spiro atoms. The molecule has 0 aromatic heterocycles. The van der Waals surface area contributed by atoms with Gasteiger partial charge in [0.25, 0.3) is 0 Å². The number of ketones is 1. The number of methoxy groups -OCH3 is 1. The number of Topliss-reactive ketones (excluding diaryl/α,β-unsaturated/α-hetero) is 1. The summed E-state index contributed by atoms with van der Waals surface area (Å²) in [5, 5.41) is 0. The smallest absolute Gasteiger partial charge is 0.200 e. The van der Waals surface area contributed by atoms with Gasteiger partial charge in [-0.05, 0) is 44.9 Å². The normalized spacial score (nSPS) is 22.0. The molecule has 0 aliphatic carbocycles. The fourth-order valence-electron chi connectivity index (χ4n) is 3.47. The van der Waals surface area contributed by atoms with E-state index in [0.29, 0.717) is 30.3 Å². The van der Waals surface area contributed by atoms with Gasteiger partial charge in [0, 0.05) is 25.1 Å². The predicted octanol–water partition coefficient (Wildman–Crippen LogP) is 2.89. The van der Waals surface area contributed by atoms with Gasteiger partial charge in [0.2, 0.25) is 0 Å². The Hall–Kier alpha value is -1.63. The van der Waals surface area contributed by atoms with Crippen LogP contribution in [0.2, 0.25) is 0 Å². The Bertz CT molecular complexity index is 619. The van der Waals surface area contributed by atoms with Crippen LogP contribution in [0.3, 0.4) is 0 Å². The third-order valence-corrected chi connectivity index (χ3v) is 5.18. The van der Waals surface area contributed by atoms with Crippen molar-refractivity contribution in [2.45, 2.75) is 44.9 Å². The maximum absolute atomic E-state index is 13.1. The van der Waals surface area contributed by atoms with Gasteiger partial charge in [0.1, 0.15) is 0 Å². The highest BCUT2D eigenvalue weighted by molar-refractivity contribution is 6.03. The van der Waals surface area contributed by atoms with E-state index in [9.17, 15) is 4.79 Å². The van der Waals surface area contributed by atoms with Gasteiger partial charge in [-0.1, -0.05) is 0 Å². The Morgan fingerprint density at radius 1 is 1.15 bits per heavy atom. The molecule has 2 aliphatic rings. The van der Waals surface area contributed by atoms with Gasteiger partial charge in [-0.15, -0.1) is 0 Å². The van der Waals surface area contributed by atoms with Gasteiger partial charge >= 0.3 is 0 Å². The SMILES string of the molecule is COc1cc(C(=O)C(C)(C)N2CCOCC2)ccc1OC1CCCCO1. The Kier molecular flexibility index (Phi) is 6.16. The average molecular weight is 363 g/mol. The van der Waals surface area contributed by atoms with Crippen LogP contribution in [0.5, 0.6) is 11.5 Å². The molecule has 6 nitrogen and oxygen atoms in total. The summed E-state index contributed by atoms with van der Waals surface area (Å²) >= 11 is 0. The molecule has 6 heteroatoms. The van der Waals surface area contributed by atoms with E-state index in [-0.39, 0.29) is 12.1 Å². The van der Waals surface area contributed by atoms with E-state index in [0.717, 1.165) is 39.0 Å². The first-order valence-corrected chi connectivity index (χ1v) is 9.36. The van der Waals surface area contributed by atoms with Crippen LogP contribution in [0.1, 0.15) is 43.5 Å². The lowest BCUT2D eigenvalue weighted by atomic mass is 9.90. The summed E-state index contributed by atoms with van der Waals surface area (Å²) in [7, 11) is 1.59. The molecule has 0 N–H and O–H groups in total. The topological polar surface area (TPSA) is 57.2 Å². The monoisotopic (exact) mass is 363 g/mol. The lowest BCUT2D eigenvalue weighted by molar-refractivity contribution is -0.106. The van der Waals surface area contributed by atoms with Crippen molar-refractivity contribution < 1.29 is 23.7 Å². The predicted molar refractivity (Wildman–Crippen MR) is 98.0 cm³/mol. The van der Waals surface area contributed by atoms with E-state index in [1.165, 1.54) is 0 Å². The minimum absolute atomic E-state index is 0.0677. The minimum atomic E-state index is -0.594. The maximum atomic E-state index is 13.1. The molecule has 2 fully saturated rings. The molecule has 0 bridgehead atoms. The molecule has 0 saturated carbocycles. The van der Waals surface area contributed by atoms with Crippen LogP contribution in [-0.2, 0) is 9.47 Å². The molecule has 0 radical (unpaired) electrons. The van der Waals surface area contributed by atoms with Crippen molar-refractivity contribution in [2.24, 2.45) is 0 Å². The molecule has 2 heterocycles. The number of carbonyl (C=O) groups is 1. The Labute approximate surface area is 155 Å². The number of hydrogen-bond donors (Lipinski definition) is 0. The van der Waals surface area contributed by atoms with Gasteiger partial charge in [-0.2, -0.15) is 0 Å². The second-order valence-electron chi connectivity index (χ2n) is 7.27.